The van der Waals surface area contributed by atoms with Gasteiger partial charge in [-0.05, 0) is 45.3 Å². The Morgan fingerprint density at radius 2 is 2.00 bits per heavy atom. The predicted molar refractivity (Wildman–Crippen MR) is 82.3 cm³/mol. The fourth-order valence-corrected chi connectivity index (χ4v) is 3.22. The number of rotatable bonds is 8. The molecule has 0 saturated heterocycles. The van der Waals surface area contributed by atoms with Crippen molar-refractivity contribution in [3.05, 3.63) is 29.1 Å². The number of benzene rings is 1. The van der Waals surface area contributed by atoms with Gasteiger partial charge in [-0.25, -0.2) is 17.5 Å². The molecule has 21 heavy (non-hydrogen) atoms. The van der Waals surface area contributed by atoms with Gasteiger partial charge in [0.25, 0.3) is 0 Å². The Balaban J connectivity index is 2.96. The second kappa shape index (κ2) is 7.84. The van der Waals surface area contributed by atoms with Crippen LogP contribution in [-0.4, -0.2) is 47.0 Å². The third kappa shape index (κ3) is 5.03. The summed E-state index contributed by atoms with van der Waals surface area (Å²) in [6.07, 6.45) is 0. The van der Waals surface area contributed by atoms with Crippen molar-refractivity contribution in [3.8, 4) is 0 Å². The van der Waals surface area contributed by atoms with Crippen LogP contribution in [0.15, 0.2) is 17.0 Å². The zero-order valence-electron chi connectivity index (χ0n) is 13.0. The highest BCUT2D eigenvalue weighted by molar-refractivity contribution is 7.89. The highest BCUT2D eigenvalue weighted by Gasteiger charge is 2.19. The summed E-state index contributed by atoms with van der Waals surface area (Å²) < 4.78 is 41.0. The highest BCUT2D eigenvalue weighted by Crippen LogP contribution is 2.20. The number of likely N-dealkylation sites (N-methyl/N-ethyl adjacent to an activating group) is 1. The van der Waals surface area contributed by atoms with Crippen LogP contribution in [0.5, 0.6) is 0 Å². The Kier molecular flexibility index (Phi) is 6.73. The first kappa shape index (κ1) is 18.0. The molecule has 7 heteroatoms. The van der Waals surface area contributed by atoms with Gasteiger partial charge in [0.2, 0.25) is 10.0 Å². The predicted octanol–water partition coefficient (Wildman–Crippen LogP) is 1.08. The van der Waals surface area contributed by atoms with E-state index in [-0.39, 0.29) is 10.5 Å². The lowest BCUT2D eigenvalue weighted by Gasteiger charge is -2.15. The van der Waals surface area contributed by atoms with Crippen LogP contribution in [0.25, 0.3) is 0 Å². The molecule has 0 aliphatic carbocycles. The molecular weight excluding hydrogens is 293 g/mol. The molecule has 0 atom stereocenters. The monoisotopic (exact) mass is 317 g/mol. The Morgan fingerprint density at radius 3 is 2.57 bits per heavy atom. The maximum absolute atomic E-state index is 13.9. The largest absolute Gasteiger partial charge is 0.316 e. The van der Waals surface area contributed by atoms with Crippen molar-refractivity contribution in [1.82, 2.24) is 14.9 Å². The zero-order valence-corrected chi connectivity index (χ0v) is 13.8. The number of nitrogens with one attached hydrogen (secondary N) is 2. The van der Waals surface area contributed by atoms with E-state index in [1.807, 2.05) is 18.9 Å². The van der Waals surface area contributed by atoms with Gasteiger partial charge in [-0.3, -0.25) is 0 Å². The van der Waals surface area contributed by atoms with Crippen LogP contribution in [0.2, 0.25) is 0 Å². The molecule has 0 radical (unpaired) electrons. The highest BCUT2D eigenvalue weighted by atomic mass is 32.2. The molecule has 0 aliphatic rings. The Morgan fingerprint density at radius 1 is 1.33 bits per heavy atom. The summed E-state index contributed by atoms with van der Waals surface area (Å²) in [7, 11) is -0.0662. The van der Waals surface area contributed by atoms with Crippen molar-refractivity contribution in [1.29, 1.82) is 0 Å². The van der Waals surface area contributed by atoms with Crippen LogP contribution >= 0.6 is 0 Å². The van der Waals surface area contributed by atoms with Crippen LogP contribution in [-0.2, 0) is 16.6 Å². The number of nitrogens with zero attached hydrogens (tertiary/aromatic N) is 1. The molecule has 0 bridgehead atoms. The van der Waals surface area contributed by atoms with Crippen molar-refractivity contribution < 1.29 is 12.8 Å². The minimum Gasteiger partial charge on any atom is -0.316 e. The molecule has 0 aliphatic heterocycles. The number of halogens is 1. The molecule has 0 saturated carbocycles. The van der Waals surface area contributed by atoms with Gasteiger partial charge in [-0.15, -0.1) is 0 Å². The van der Waals surface area contributed by atoms with Gasteiger partial charge in [0, 0.05) is 25.2 Å². The van der Waals surface area contributed by atoms with E-state index in [9.17, 15) is 12.8 Å². The molecule has 1 aromatic carbocycles. The first-order chi connectivity index (χ1) is 9.81. The molecule has 1 rings (SSSR count). The molecule has 5 nitrogen and oxygen atoms in total. The lowest BCUT2D eigenvalue weighted by molar-refractivity contribution is 0.358. The van der Waals surface area contributed by atoms with E-state index in [1.54, 1.807) is 7.05 Å². The minimum atomic E-state index is -3.70. The number of sulfonamides is 1. The molecular formula is C14H24FN3O2S. The third-order valence-electron chi connectivity index (χ3n) is 3.35. The first-order valence-electron chi connectivity index (χ1n) is 6.93. The quantitative estimate of drug-likeness (QED) is 0.753. The van der Waals surface area contributed by atoms with Crippen LogP contribution in [0.1, 0.15) is 18.1 Å². The fraction of sp³-hybridized carbons (Fsp3) is 0.571. The fourth-order valence-electron chi connectivity index (χ4n) is 1.90. The average molecular weight is 317 g/mol. The topological polar surface area (TPSA) is 61.4 Å². The van der Waals surface area contributed by atoms with Gasteiger partial charge >= 0.3 is 0 Å². The van der Waals surface area contributed by atoms with Crippen molar-refractivity contribution in [2.24, 2.45) is 0 Å². The molecule has 0 aromatic heterocycles. The maximum Gasteiger partial charge on any atom is 0.240 e. The summed E-state index contributed by atoms with van der Waals surface area (Å²) in [4.78, 5) is 2.00. The van der Waals surface area contributed by atoms with Crippen molar-refractivity contribution >= 4 is 10.0 Å². The first-order valence-corrected chi connectivity index (χ1v) is 8.42. The summed E-state index contributed by atoms with van der Waals surface area (Å²) in [5, 5.41) is 2.89. The molecule has 0 fully saturated rings. The molecule has 0 heterocycles. The van der Waals surface area contributed by atoms with Gasteiger partial charge in [-0.1, -0.05) is 6.92 Å². The normalized spacial score (nSPS) is 12.1. The van der Waals surface area contributed by atoms with Gasteiger partial charge in [-0.2, -0.15) is 0 Å². The second-order valence-corrected chi connectivity index (χ2v) is 6.76. The third-order valence-corrected chi connectivity index (χ3v) is 4.94. The zero-order chi connectivity index (χ0) is 16.0. The molecule has 1 aromatic rings. The Bertz CT molecular complexity index is 576. The Hall–Kier alpha value is -1.02. The van der Waals surface area contributed by atoms with Crippen LogP contribution in [0, 0.1) is 12.7 Å². The van der Waals surface area contributed by atoms with E-state index >= 15 is 0 Å². The minimum absolute atomic E-state index is 0.00639. The number of hydrogen-bond donors (Lipinski definition) is 2. The molecule has 120 valence electrons. The van der Waals surface area contributed by atoms with Gasteiger partial charge in [0.05, 0.1) is 4.90 Å². The summed E-state index contributed by atoms with van der Waals surface area (Å²) in [5.41, 5.74) is 0.748. The van der Waals surface area contributed by atoms with Gasteiger partial charge < -0.3 is 10.2 Å². The van der Waals surface area contributed by atoms with Gasteiger partial charge in [0.1, 0.15) is 5.82 Å². The van der Waals surface area contributed by atoms with Crippen molar-refractivity contribution in [3.63, 3.8) is 0 Å². The lowest BCUT2D eigenvalue weighted by Crippen LogP contribution is -2.33. The summed E-state index contributed by atoms with van der Waals surface area (Å²) in [6.45, 7) is 5.63. The van der Waals surface area contributed by atoms with Crippen LogP contribution in [0.4, 0.5) is 4.39 Å². The van der Waals surface area contributed by atoms with Crippen LogP contribution < -0.4 is 10.0 Å². The SMILES string of the molecule is CCN(C)CCNS(=O)(=O)c1cc(CNC)cc(F)c1C. The van der Waals surface area contributed by atoms with Gasteiger partial charge in [0.15, 0.2) is 0 Å². The Labute approximate surface area is 126 Å². The van der Waals surface area contributed by atoms with E-state index in [2.05, 4.69) is 10.0 Å². The standard InChI is InChI=1S/C14H24FN3O2S/c1-5-18(4)7-6-17-21(19,20)14-9-12(10-16-3)8-13(15)11(14)2/h8-9,16-17H,5-7,10H2,1-4H3. The molecule has 2 N–H and O–H groups in total. The van der Waals surface area contributed by atoms with E-state index in [1.165, 1.54) is 19.1 Å². The second-order valence-electron chi connectivity index (χ2n) is 5.02. The van der Waals surface area contributed by atoms with E-state index < -0.39 is 15.8 Å². The van der Waals surface area contributed by atoms with E-state index in [0.717, 1.165) is 6.54 Å². The molecule has 0 spiro atoms. The van der Waals surface area contributed by atoms with E-state index in [4.69, 9.17) is 0 Å². The van der Waals surface area contributed by atoms with Crippen molar-refractivity contribution in [2.75, 3.05) is 33.7 Å². The lowest BCUT2D eigenvalue weighted by atomic mass is 10.1. The number of hydrogen-bond acceptors (Lipinski definition) is 4. The average Bonchev–Trinajstić information content (AvgIpc) is 2.42. The summed E-state index contributed by atoms with van der Waals surface area (Å²) in [5.74, 6) is -0.506. The smallest absolute Gasteiger partial charge is 0.240 e. The molecule has 0 amide bonds. The van der Waals surface area contributed by atoms with E-state index in [0.29, 0.717) is 25.2 Å². The molecule has 0 unspecified atom stereocenters. The van der Waals surface area contributed by atoms with Crippen molar-refractivity contribution in [2.45, 2.75) is 25.3 Å². The summed E-state index contributed by atoms with van der Waals surface area (Å²) in [6, 6.07) is 2.87. The summed E-state index contributed by atoms with van der Waals surface area (Å²) >= 11 is 0. The maximum atomic E-state index is 13.9. The van der Waals surface area contributed by atoms with Crippen LogP contribution in [0.3, 0.4) is 0 Å².